The molecule has 1 amide bonds. The molecule has 23 heavy (non-hydrogen) atoms. The normalized spacial score (nSPS) is 23.3. The van der Waals surface area contributed by atoms with Gasteiger partial charge in [-0.1, -0.05) is 42.0 Å². The minimum absolute atomic E-state index is 0.0300. The van der Waals surface area contributed by atoms with Gasteiger partial charge >= 0.3 is 6.09 Å². The molecule has 2 heterocycles. The van der Waals surface area contributed by atoms with Gasteiger partial charge in [0.05, 0.1) is 25.3 Å². The number of benzene rings is 1. The van der Waals surface area contributed by atoms with Crippen molar-refractivity contribution >= 4 is 6.09 Å². The molecule has 5 heteroatoms. The molecule has 0 N–H and O–H groups in total. The lowest BCUT2D eigenvalue weighted by atomic mass is 9.93. The number of rotatable bonds is 5. The Bertz CT molecular complexity index is 557. The number of fused-ring (bicyclic) bond motifs is 2. The fourth-order valence-corrected chi connectivity index (χ4v) is 3.18. The predicted molar refractivity (Wildman–Crippen MR) is 86.1 cm³/mol. The van der Waals surface area contributed by atoms with E-state index in [1.165, 1.54) is 5.57 Å². The van der Waals surface area contributed by atoms with E-state index in [0.717, 1.165) is 18.4 Å². The molecule has 124 valence electrons. The molecule has 0 radical (unpaired) electrons. The van der Waals surface area contributed by atoms with Crippen LogP contribution in [-0.4, -0.2) is 50.0 Å². The zero-order valence-corrected chi connectivity index (χ0v) is 13.4. The van der Waals surface area contributed by atoms with Gasteiger partial charge in [0.25, 0.3) is 0 Å². The Morgan fingerprint density at radius 3 is 2.87 bits per heavy atom. The zero-order valence-electron chi connectivity index (χ0n) is 13.4. The lowest BCUT2D eigenvalue weighted by molar-refractivity contribution is -0.0378. The number of ether oxygens (including phenoxy) is 3. The SMILES string of the molecule is COCCC1=CC2COCC(C1)N2C(=O)OCc1ccccc1. The van der Waals surface area contributed by atoms with Crippen molar-refractivity contribution in [3.05, 3.63) is 47.5 Å². The van der Waals surface area contributed by atoms with E-state index >= 15 is 0 Å². The number of methoxy groups -OCH3 is 1. The van der Waals surface area contributed by atoms with Crippen LogP contribution in [-0.2, 0) is 20.8 Å². The van der Waals surface area contributed by atoms with Crippen LogP contribution in [0.15, 0.2) is 42.0 Å². The lowest BCUT2D eigenvalue weighted by Gasteiger charge is -2.43. The van der Waals surface area contributed by atoms with Crippen molar-refractivity contribution in [3.8, 4) is 0 Å². The molecular weight excluding hydrogens is 294 g/mol. The molecule has 5 nitrogen and oxygen atoms in total. The Morgan fingerprint density at radius 2 is 2.13 bits per heavy atom. The molecule has 0 saturated carbocycles. The molecule has 1 aromatic rings. The largest absolute Gasteiger partial charge is 0.445 e. The minimum atomic E-state index is -0.255. The quantitative estimate of drug-likeness (QED) is 0.784. The number of hydrogen-bond donors (Lipinski definition) is 0. The molecule has 1 aromatic carbocycles. The predicted octanol–water partition coefficient (Wildman–Crippen LogP) is 2.76. The highest BCUT2D eigenvalue weighted by molar-refractivity contribution is 5.69. The third-order valence-corrected chi connectivity index (χ3v) is 4.32. The Hall–Kier alpha value is -1.85. The van der Waals surface area contributed by atoms with Gasteiger partial charge in [0.1, 0.15) is 6.61 Å². The summed E-state index contributed by atoms with van der Waals surface area (Å²) in [5, 5.41) is 0. The van der Waals surface area contributed by atoms with Gasteiger partial charge in [-0.15, -0.1) is 0 Å². The van der Waals surface area contributed by atoms with Crippen LogP contribution in [0.3, 0.4) is 0 Å². The first-order valence-electron chi connectivity index (χ1n) is 8.03. The van der Waals surface area contributed by atoms with E-state index in [1.807, 2.05) is 35.2 Å². The molecule has 0 spiro atoms. The number of hydrogen-bond acceptors (Lipinski definition) is 4. The van der Waals surface area contributed by atoms with E-state index in [2.05, 4.69) is 6.08 Å². The van der Waals surface area contributed by atoms with Gasteiger partial charge in [-0.05, 0) is 18.4 Å². The Morgan fingerprint density at radius 1 is 1.30 bits per heavy atom. The highest BCUT2D eigenvalue weighted by Gasteiger charge is 2.38. The summed E-state index contributed by atoms with van der Waals surface area (Å²) in [7, 11) is 1.71. The van der Waals surface area contributed by atoms with E-state index < -0.39 is 0 Å². The molecule has 2 aliphatic rings. The number of carbonyl (C=O) groups is 1. The van der Waals surface area contributed by atoms with Gasteiger partial charge < -0.3 is 14.2 Å². The molecule has 1 saturated heterocycles. The maximum Gasteiger partial charge on any atom is 0.411 e. The minimum Gasteiger partial charge on any atom is -0.445 e. The van der Waals surface area contributed by atoms with Gasteiger partial charge in [-0.3, -0.25) is 4.90 Å². The maximum absolute atomic E-state index is 12.5. The van der Waals surface area contributed by atoms with Crippen molar-refractivity contribution in [2.45, 2.75) is 31.5 Å². The Balaban J connectivity index is 1.62. The molecule has 0 aromatic heterocycles. The monoisotopic (exact) mass is 317 g/mol. The van der Waals surface area contributed by atoms with Crippen LogP contribution in [0.1, 0.15) is 18.4 Å². The molecule has 0 aliphatic carbocycles. The summed E-state index contributed by atoms with van der Waals surface area (Å²) in [5.41, 5.74) is 2.34. The first kappa shape index (κ1) is 16.0. The van der Waals surface area contributed by atoms with Gasteiger partial charge in [0, 0.05) is 13.7 Å². The molecule has 3 rings (SSSR count). The summed E-state index contributed by atoms with van der Waals surface area (Å²) in [6.45, 7) is 2.12. The van der Waals surface area contributed by atoms with Crippen LogP contribution in [0.25, 0.3) is 0 Å². The maximum atomic E-state index is 12.5. The summed E-state index contributed by atoms with van der Waals surface area (Å²) < 4.78 is 16.3. The first-order chi connectivity index (χ1) is 11.3. The van der Waals surface area contributed by atoms with E-state index in [4.69, 9.17) is 14.2 Å². The fraction of sp³-hybridized carbons (Fsp3) is 0.500. The van der Waals surface area contributed by atoms with E-state index in [9.17, 15) is 4.79 Å². The van der Waals surface area contributed by atoms with Gasteiger partial charge in [-0.2, -0.15) is 0 Å². The van der Waals surface area contributed by atoms with Crippen molar-refractivity contribution in [2.75, 3.05) is 26.9 Å². The third-order valence-electron chi connectivity index (χ3n) is 4.32. The van der Waals surface area contributed by atoms with E-state index in [0.29, 0.717) is 26.4 Å². The highest BCUT2D eigenvalue weighted by Crippen LogP contribution is 2.29. The number of carbonyl (C=O) groups excluding carboxylic acids is 1. The molecule has 2 atom stereocenters. The molecule has 2 aliphatic heterocycles. The second-order valence-electron chi connectivity index (χ2n) is 5.98. The summed E-state index contributed by atoms with van der Waals surface area (Å²) >= 11 is 0. The average Bonchev–Trinajstić information content (AvgIpc) is 2.58. The van der Waals surface area contributed by atoms with Crippen LogP contribution >= 0.6 is 0 Å². The smallest absolute Gasteiger partial charge is 0.411 e. The van der Waals surface area contributed by atoms with Crippen LogP contribution in [0.2, 0.25) is 0 Å². The van der Waals surface area contributed by atoms with E-state index in [1.54, 1.807) is 7.11 Å². The number of amides is 1. The lowest BCUT2D eigenvalue weighted by Crippen LogP contribution is -2.56. The Labute approximate surface area is 136 Å². The van der Waals surface area contributed by atoms with Gasteiger partial charge in [0.2, 0.25) is 0 Å². The average molecular weight is 317 g/mol. The molecule has 2 bridgehead atoms. The second kappa shape index (κ2) is 7.62. The van der Waals surface area contributed by atoms with Gasteiger partial charge in [-0.25, -0.2) is 4.79 Å². The fourth-order valence-electron chi connectivity index (χ4n) is 3.18. The number of morpholine rings is 1. The van der Waals surface area contributed by atoms with Crippen LogP contribution < -0.4 is 0 Å². The Kier molecular flexibility index (Phi) is 5.31. The van der Waals surface area contributed by atoms with E-state index in [-0.39, 0.29) is 18.2 Å². The zero-order chi connectivity index (χ0) is 16.1. The summed E-state index contributed by atoms with van der Waals surface area (Å²) in [6.07, 6.45) is 3.63. The highest BCUT2D eigenvalue weighted by atomic mass is 16.6. The second-order valence-corrected chi connectivity index (χ2v) is 5.98. The molecule has 1 fully saturated rings. The summed E-state index contributed by atoms with van der Waals surface area (Å²) in [4.78, 5) is 14.3. The van der Waals surface area contributed by atoms with Crippen molar-refractivity contribution in [2.24, 2.45) is 0 Å². The molecular formula is C18H23NO4. The van der Waals surface area contributed by atoms with Crippen molar-refractivity contribution in [3.63, 3.8) is 0 Å². The standard InChI is InChI=1S/C18H23NO4/c1-21-8-7-15-9-16-12-22-13-17(10-15)19(16)18(20)23-11-14-5-3-2-4-6-14/h2-6,9,16-17H,7-8,10-13H2,1H3. The molecule has 2 unspecified atom stereocenters. The van der Waals surface area contributed by atoms with Gasteiger partial charge in [0.15, 0.2) is 0 Å². The summed E-state index contributed by atoms with van der Waals surface area (Å²) in [5.74, 6) is 0. The topological polar surface area (TPSA) is 48.0 Å². The van der Waals surface area contributed by atoms with Crippen molar-refractivity contribution < 1.29 is 19.0 Å². The van der Waals surface area contributed by atoms with Crippen LogP contribution in [0.5, 0.6) is 0 Å². The third kappa shape index (κ3) is 3.92. The van der Waals surface area contributed by atoms with Crippen molar-refractivity contribution in [1.82, 2.24) is 4.90 Å². The first-order valence-corrected chi connectivity index (χ1v) is 8.03. The van der Waals surface area contributed by atoms with Crippen molar-refractivity contribution in [1.29, 1.82) is 0 Å². The number of nitrogens with zero attached hydrogens (tertiary/aromatic N) is 1. The van der Waals surface area contributed by atoms with Crippen LogP contribution in [0.4, 0.5) is 4.79 Å². The summed E-state index contributed by atoms with van der Waals surface area (Å²) in [6, 6.07) is 9.78. The van der Waals surface area contributed by atoms with Crippen LogP contribution in [0, 0.1) is 0 Å².